The van der Waals surface area contributed by atoms with E-state index in [2.05, 4.69) is 20.8 Å². The van der Waals surface area contributed by atoms with Gasteiger partial charge in [0, 0.05) is 10.9 Å². The Kier molecular flexibility index (Phi) is 4.71. The first-order chi connectivity index (χ1) is 13.2. The molecule has 1 amide bonds. The second kappa shape index (κ2) is 7.46. The highest BCUT2D eigenvalue weighted by Crippen LogP contribution is 2.33. The number of carbonyl (C=O) groups is 1. The lowest BCUT2D eigenvalue weighted by Gasteiger charge is -2.18. The molecule has 0 fully saturated rings. The van der Waals surface area contributed by atoms with Crippen molar-refractivity contribution in [2.24, 2.45) is 5.10 Å². The van der Waals surface area contributed by atoms with Crippen molar-refractivity contribution in [2.75, 3.05) is 24.5 Å². The van der Waals surface area contributed by atoms with Crippen molar-refractivity contribution in [1.82, 2.24) is 4.98 Å². The molecule has 0 unspecified atom stereocenters. The Labute approximate surface area is 159 Å². The minimum atomic E-state index is -0.159. The van der Waals surface area contributed by atoms with Crippen LogP contribution in [-0.4, -0.2) is 30.8 Å². The van der Waals surface area contributed by atoms with Crippen molar-refractivity contribution in [1.29, 1.82) is 0 Å². The van der Waals surface area contributed by atoms with E-state index in [1.165, 1.54) is 11.3 Å². The maximum atomic E-state index is 11.5. The largest absolute Gasteiger partial charge is 0.497 e. The van der Waals surface area contributed by atoms with Crippen LogP contribution < -0.4 is 20.2 Å². The summed E-state index contributed by atoms with van der Waals surface area (Å²) in [5, 5.41) is 9.61. The lowest BCUT2D eigenvalue weighted by Crippen LogP contribution is -2.25. The molecule has 0 saturated heterocycles. The molecule has 2 heterocycles. The molecule has 0 aliphatic carbocycles. The molecule has 1 aromatic heterocycles. The summed E-state index contributed by atoms with van der Waals surface area (Å²) in [7, 11) is 1.63. The van der Waals surface area contributed by atoms with Crippen LogP contribution >= 0.6 is 11.3 Å². The fourth-order valence-corrected chi connectivity index (χ4v) is 3.22. The van der Waals surface area contributed by atoms with Gasteiger partial charge in [0.25, 0.3) is 5.91 Å². The number of thiazole rings is 1. The third kappa shape index (κ3) is 3.90. The van der Waals surface area contributed by atoms with Crippen molar-refractivity contribution in [3.05, 3.63) is 53.4 Å². The Balaban J connectivity index is 1.44. The molecule has 0 spiro atoms. The zero-order valence-corrected chi connectivity index (χ0v) is 15.2. The van der Waals surface area contributed by atoms with Crippen LogP contribution in [0.5, 0.6) is 11.5 Å². The van der Waals surface area contributed by atoms with Crippen LogP contribution in [0.3, 0.4) is 0 Å². The summed E-state index contributed by atoms with van der Waals surface area (Å²) in [6.45, 7) is 0.0450. The highest BCUT2D eigenvalue weighted by molar-refractivity contribution is 7.14. The van der Waals surface area contributed by atoms with Crippen molar-refractivity contribution in [3.8, 4) is 22.8 Å². The summed E-state index contributed by atoms with van der Waals surface area (Å²) in [5.74, 6) is 1.31. The number of nitrogens with one attached hydrogen (secondary N) is 2. The topological polar surface area (TPSA) is 84.8 Å². The van der Waals surface area contributed by atoms with Crippen LogP contribution in [0, 0.1) is 0 Å². The van der Waals surface area contributed by atoms with Gasteiger partial charge in [-0.05, 0) is 48.0 Å². The van der Waals surface area contributed by atoms with Crippen molar-refractivity contribution < 1.29 is 14.3 Å². The minimum Gasteiger partial charge on any atom is -0.497 e. The number of rotatable bonds is 5. The quantitative estimate of drug-likeness (QED) is 0.522. The van der Waals surface area contributed by atoms with Gasteiger partial charge in [-0.25, -0.2) is 4.98 Å². The van der Waals surface area contributed by atoms with E-state index in [1.807, 2.05) is 47.8 Å². The summed E-state index contributed by atoms with van der Waals surface area (Å²) in [6, 6.07) is 13.2. The summed E-state index contributed by atoms with van der Waals surface area (Å²) < 4.78 is 10.5. The highest BCUT2D eigenvalue weighted by Gasteiger charge is 2.17. The molecule has 7 nitrogen and oxygen atoms in total. The van der Waals surface area contributed by atoms with Gasteiger partial charge in [0.05, 0.1) is 24.7 Å². The number of fused-ring (bicyclic) bond motifs is 1. The number of nitrogens with zero attached hydrogens (tertiary/aromatic N) is 2. The van der Waals surface area contributed by atoms with E-state index in [0.717, 1.165) is 22.6 Å². The predicted molar refractivity (Wildman–Crippen MR) is 106 cm³/mol. The zero-order chi connectivity index (χ0) is 18.6. The predicted octanol–water partition coefficient (Wildman–Crippen LogP) is 3.60. The maximum absolute atomic E-state index is 11.5. The number of carbonyl (C=O) groups excluding carboxylic acids is 1. The maximum Gasteiger partial charge on any atom is 0.262 e. The van der Waals surface area contributed by atoms with Crippen LogP contribution in [0.2, 0.25) is 0 Å². The molecular weight excluding hydrogens is 364 g/mol. The van der Waals surface area contributed by atoms with Gasteiger partial charge >= 0.3 is 0 Å². The summed E-state index contributed by atoms with van der Waals surface area (Å²) in [6.07, 6.45) is 1.71. The van der Waals surface area contributed by atoms with E-state index >= 15 is 0 Å². The number of anilines is 2. The monoisotopic (exact) mass is 380 g/mol. The molecule has 0 bridgehead atoms. The van der Waals surface area contributed by atoms with Crippen LogP contribution in [0.1, 0.15) is 5.56 Å². The van der Waals surface area contributed by atoms with Gasteiger partial charge < -0.3 is 14.8 Å². The molecular formula is C19H16N4O3S. The molecule has 0 atom stereocenters. The number of ether oxygens (including phenoxy) is 2. The highest BCUT2D eigenvalue weighted by atomic mass is 32.1. The second-order valence-electron chi connectivity index (χ2n) is 5.73. The smallest absolute Gasteiger partial charge is 0.262 e. The van der Waals surface area contributed by atoms with E-state index < -0.39 is 0 Å². The van der Waals surface area contributed by atoms with Crippen LogP contribution in [0.4, 0.5) is 10.8 Å². The number of aromatic nitrogens is 1. The molecule has 3 aromatic rings. The van der Waals surface area contributed by atoms with Gasteiger partial charge in [0.2, 0.25) is 5.13 Å². The van der Waals surface area contributed by atoms with Gasteiger partial charge in [-0.15, -0.1) is 11.3 Å². The number of hydrogen-bond donors (Lipinski definition) is 2. The summed E-state index contributed by atoms with van der Waals surface area (Å²) >= 11 is 1.45. The molecule has 1 aliphatic heterocycles. The van der Waals surface area contributed by atoms with Crippen LogP contribution in [0.25, 0.3) is 11.3 Å². The third-order valence-electron chi connectivity index (χ3n) is 3.90. The standard InChI is InChI=1S/C19H16N4O3S/c1-25-14-5-2-12(3-6-14)9-20-23-19-22-16(11-27-19)13-4-7-17-15(8-13)21-18(24)10-26-17/h2-9,11H,10H2,1H3,(H,21,24)(H,22,23)/b20-9+. The molecule has 2 N–H and O–H groups in total. The van der Waals surface area contributed by atoms with Gasteiger partial charge in [0.15, 0.2) is 6.61 Å². The SMILES string of the molecule is COc1ccc(/C=N/Nc2nc(-c3ccc4c(c3)NC(=O)CO4)cs2)cc1. The first kappa shape index (κ1) is 17.0. The summed E-state index contributed by atoms with van der Waals surface area (Å²) in [5.41, 5.74) is 6.23. The average molecular weight is 380 g/mol. The Bertz CT molecular complexity index is 998. The Morgan fingerprint density at radius 3 is 2.96 bits per heavy atom. The second-order valence-corrected chi connectivity index (χ2v) is 6.59. The van der Waals surface area contributed by atoms with E-state index in [0.29, 0.717) is 16.6 Å². The zero-order valence-electron chi connectivity index (χ0n) is 14.4. The number of hydrogen-bond acceptors (Lipinski definition) is 7. The van der Waals surface area contributed by atoms with E-state index in [9.17, 15) is 4.79 Å². The number of amides is 1. The first-order valence-electron chi connectivity index (χ1n) is 8.17. The number of benzene rings is 2. The van der Waals surface area contributed by atoms with Crippen LogP contribution in [-0.2, 0) is 4.79 Å². The van der Waals surface area contributed by atoms with Crippen molar-refractivity contribution in [2.45, 2.75) is 0 Å². The molecule has 136 valence electrons. The molecule has 1 aliphatic rings. The Morgan fingerprint density at radius 2 is 2.15 bits per heavy atom. The third-order valence-corrected chi connectivity index (χ3v) is 4.65. The molecule has 27 heavy (non-hydrogen) atoms. The molecule has 8 heteroatoms. The fourth-order valence-electron chi connectivity index (χ4n) is 2.55. The molecule has 4 rings (SSSR count). The van der Waals surface area contributed by atoms with Crippen molar-refractivity contribution in [3.63, 3.8) is 0 Å². The van der Waals surface area contributed by atoms with E-state index in [4.69, 9.17) is 9.47 Å². The van der Waals surface area contributed by atoms with Gasteiger partial charge in [-0.3, -0.25) is 10.2 Å². The number of hydrazone groups is 1. The lowest BCUT2D eigenvalue weighted by atomic mass is 10.1. The van der Waals surface area contributed by atoms with Crippen LogP contribution in [0.15, 0.2) is 52.9 Å². The molecule has 0 saturated carbocycles. The van der Waals surface area contributed by atoms with Gasteiger partial charge in [0.1, 0.15) is 11.5 Å². The molecule has 2 aromatic carbocycles. The first-order valence-corrected chi connectivity index (χ1v) is 9.05. The summed E-state index contributed by atoms with van der Waals surface area (Å²) in [4.78, 5) is 16.0. The average Bonchev–Trinajstić information content (AvgIpc) is 3.17. The Hall–Kier alpha value is -3.39. The van der Waals surface area contributed by atoms with Gasteiger partial charge in [-0.2, -0.15) is 5.10 Å². The fraction of sp³-hybridized carbons (Fsp3) is 0.105. The molecule has 0 radical (unpaired) electrons. The van der Waals surface area contributed by atoms with E-state index in [1.54, 1.807) is 13.3 Å². The minimum absolute atomic E-state index is 0.0450. The Morgan fingerprint density at radius 1 is 1.30 bits per heavy atom. The van der Waals surface area contributed by atoms with E-state index in [-0.39, 0.29) is 12.5 Å². The number of methoxy groups -OCH3 is 1. The van der Waals surface area contributed by atoms with Crippen molar-refractivity contribution >= 4 is 34.3 Å². The van der Waals surface area contributed by atoms with Gasteiger partial charge in [-0.1, -0.05) is 0 Å². The normalized spacial score (nSPS) is 13.0. The lowest BCUT2D eigenvalue weighted by molar-refractivity contribution is -0.118.